The van der Waals surface area contributed by atoms with E-state index in [-0.39, 0.29) is 88.0 Å². The van der Waals surface area contributed by atoms with Crippen LogP contribution in [0.2, 0.25) is 0 Å². The number of primary amides is 1. The zero-order valence-corrected chi connectivity index (χ0v) is 63.8. The maximum Gasteiger partial charge on any atom is 0.326 e. The van der Waals surface area contributed by atoms with Gasteiger partial charge in [0.05, 0.1) is 25.5 Å². The average Bonchev–Trinajstić information content (AvgIpc) is 1.71. The van der Waals surface area contributed by atoms with Crippen molar-refractivity contribution in [3.05, 3.63) is 90.0 Å². The summed E-state index contributed by atoms with van der Waals surface area (Å²) in [5.74, 6) is -14.2. The van der Waals surface area contributed by atoms with Crippen LogP contribution < -0.4 is 92.5 Å². The number of nitrogens with zero attached hydrogens (tertiary/aromatic N) is 2. The zero-order chi connectivity index (χ0) is 81.4. The number of aliphatic carboxylic acids is 1. The highest BCUT2D eigenvalue weighted by molar-refractivity contribution is 6.00. The zero-order valence-electron chi connectivity index (χ0n) is 63.8. The number of aliphatic imine (C=N–C) groups is 1. The highest BCUT2D eigenvalue weighted by Gasteiger charge is 2.38. The van der Waals surface area contributed by atoms with Crippen molar-refractivity contribution < 1.29 is 77.3 Å². The first-order valence-electron chi connectivity index (χ1n) is 36.8. The predicted molar refractivity (Wildman–Crippen MR) is 404 cm³/mol. The van der Waals surface area contributed by atoms with Gasteiger partial charge in [-0.05, 0) is 106 Å². The number of nitrogens with one attached hydrogen (secondary N) is 13. The van der Waals surface area contributed by atoms with Gasteiger partial charge in [-0.2, -0.15) is 0 Å². The molecule has 1 aromatic heterocycles. The van der Waals surface area contributed by atoms with Crippen molar-refractivity contribution in [2.75, 3.05) is 26.2 Å². The number of nitrogens with two attached hydrogens (primary N) is 5. The van der Waals surface area contributed by atoms with Crippen LogP contribution in [-0.4, -0.2) is 208 Å². The number of H-pyrrole nitrogens is 1. The Morgan fingerprint density at radius 2 is 0.890 bits per heavy atom. The fourth-order valence-electron chi connectivity index (χ4n) is 11.3. The molecule has 2 aromatic carbocycles. The summed E-state index contributed by atoms with van der Waals surface area (Å²) in [5.41, 5.74) is 29.4. The molecule has 0 aliphatic heterocycles. The van der Waals surface area contributed by atoms with E-state index in [0.29, 0.717) is 42.6 Å². The number of aliphatic hydroxyl groups excluding tert-OH is 1. The maximum absolute atomic E-state index is 14.8. The second kappa shape index (κ2) is 48.6. The molecule has 0 spiro atoms. The van der Waals surface area contributed by atoms with Crippen molar-refractivity contribution in [2.24, 2.45) is 57.3 Å². The molecule has 0 radical (unpaired) electrons. The molecule has 36 nitrogen and oxygen atoms in total. The SMILES string of the molecule is CC[C@H](C)[C@H](NC(=O)[C@H](C)N)C(=O)N[C@@H](Cc1ccccc1)C(=O)N[C@@H](CC(C)C)C(=O)N[C@@H](CO)C(=O)N[C@@H](Cc1ccccc1)C(=O)N[C@@H](CCC(N)=O)C(=O)N[C@@H](Cc1cnc[nH]1)C(=O)N[C@@H](CC(C)C)C(=O)N[C@@H](CC(C)C)C(=O)N[C@@H](CCCN=C(N)N)C(=O)NCC(=O)N[C@@H](CCCCN)C(=O)O. The number of imidazole rings is 1. The Morgan fingerprint density at radius 1 is 0.477 bits per heavy atom. The van der Waals surface area contributed by atoms with Crippen LogP contribution in [0.5, 0.6) is 0 Å². The highest BCUT2D eigenvalue weighted by atomic mass is 16.4. The van der Waals surface area contributed by atoms with Crippen LogP contribution in [0.1, 0.15) is 150 Å². The van der Waals surface area contributed by atoms with Gasteiger partial charge in [0.1, 0.15) is 66.5 Å². The normalized spacial score (nSPS) is 14.8. The monoisotopic (exact) mass is 1530 g/mol. The summed E-state index contributed by atoms with van der Waals surface area (Å²) in [4.78, 5) is 205. The first kappa shape index (κ1) is 92.6. The molecule has 1 heterocycles. The summed E-state index contributed by atoms with van der Waals surface area (Å²) in [7, 11) is 0. The van der Waals surface area contributed by atoms with E-state index >= 15 is 0 Å². The molecule has 0 aliphatic rings. The number of carboxylic acid groups (broad SMARTS) is 1. The van der Waals surface area contributed by atoms with Gasteiger partial charge < -0.3 is 108 Å². The minimum atomic E-state index is -1.79. The minimum Gasteiger partial charge on any atom is -0.480 e. The van der Waals surface area contributed by atoms with Crippen molar-refractivity contribution in [1.29, 1.82) is 0 Å². The molecule has 36 heteroatoms. The lowest BCUT2D eigenvalue weighted by atomic mass is 9.96. The Kier molecular flexibility index (Phi) is 41.3. The summed E-state index contributed by atoms with van der Waals surface area (Å²) in [6.45, 7) is 14.2. The number of carbonyl (C=O) groups is 14. The van der Waals surface area contributed by atoms with E-state index in [9.17, 15) is 77.3 Å². The van der Waals surface area contributed by atoms with Gasteiger partial charge in [0, 0.05) is 44.1 Å². The number of hydrogen-bond acceptors (Lipinski definition) is 19. The number of carboxylic acids is 1. The largest absolute Gasteiger partial charge is 0.480 e. The number of rotatable bonds is 51. The molecular formula is C73H116N20O16. The second-order valence-corrected chi connectivity index (χ2v) is 28.4. The molecule has 604 valence electrons. The molecule has 13 atom stereocenters. The molecule has 0 saturated heterocycles. The average molecular weight is 1530 g/mol. The van der Waals surface area contributed by atoms with Gasteiger partial charge >= 0.3 is 5.97 Å². The van der Waals surface area contributed by atoms with Gasteiger partial charge in [-0.3, -0.25) is 67.3 Å². The van der Waals surface area contributed by atoms with Gasteiger partial charge in [-0.25, -0.2) is 9.78 Å². The number of aliphatic hydroxyl groups is 1. The standard InChI is InChI=1S/C73H116N20O16/c1-10-43(8)60(93-61(97)44(9)75)71(107)91-55(34-46-22-15-12-16-23-46)68(104)87-53(32-42(6)7)66(102)92-57(38-94)70(106)89-54(33-45-20-13-11-14-21-45)67(103)85-49(26-27-58(76)95)63(99)90-56(35-47-36-79-39-82-47)69(105)88-52(31-41(4)5)65(101)86-51(30-40(2)3)64(100)84-48(25-19-29-80-73(77)78)62(98)81-37-59(96)83-50(72(108)109)24-17-18-28-74/h11-16,20-23,36,39-44,48-57,60,94H,10,17-19,24-35,37-38,74-75H2,1-9H3,(H2,76,95)(H,79,82)(H,81,98)(H,83,96)(H,84,100)(H,85,103)(H,86,101)(H,87,104)(H,88,105)(H,89,106)(H,90,99)(H,91,107)(H,92,102)(H,93,97)(H,108,109)(H4,77,78,80)/t43-,44-,48-,49-,50-,51-,52-,53-,54-,55-,56-,57-,60-/m0/s1. The van der Waals surface area contributed by atoms with E-state index in [1.807, 2.05) is 6.92 Å². The van der Waals surface area contributed by atoms with Gasteiger partial charge in [0.2, 0.25) is 76.8 Å². The Labute approximate surface area is 635 Å². The molecular weight excluding hydrogens is 1410 g/mol. The van der Waals surface area contributed by atoms with Crippen LogP contribution in [0, 0.1) is 23.7 Å². The quantitative estimate of drug-likeness (QED) is 0.0152. The van der Waals surface area contributed by atoms with Crippen LogP contribution in [0.15, 0.2) is 78.2 Å². The number of aromatic nitrogens is 2. The minimum absolute atomic E-state index is 0.00126. The van der Waals surface area contributed by atoms with E-state index in [0.717, 1.165) is 0 Å². The first-order valence-corrected chi connectivity index (χ1v) is 36.8. The van der Waals surface area contributed by atoms with E-state index in [1.165, 1.54) is 19.4 Å². The van der Waals surface area contributed by atoms with E-state index < -0.39 is 187 Å². The number of aromatic amines is 1. The fourth-order valence-corrected chi connectivity index (χ4v) is 11.3. The fraction of sp³-hybridized carbons (Fsp3) is 0.589. The molecule has 0 unspecified atom stereocenters. The molecule has 0 fully saturated rings. The molecule has 0 bridgehead atoms. The Balaban J connectivity index is 1.97. The Hall–Kier alpha value is -10.6. The molecule has 3 aromatic rings. The lowest BCUT2D eigenvalue weighted by molar-refractivity contribution is -0.142. The molecule has 109 heavy (non-hydrogen) atoms. The third kappa shape index (κ3) is 35.3. The summed E-state index contributed by atoms with van der Waals surface area (Å²) in [5, 5.41) is 51.6. The number of unbranched alkanes of at least 4 members (excludes halogenated alkanes) is 1. The third-order valence-electron chi connectivity index (χ3n) is 17.4. The number of amides is 13. The molecule has 13 amide bonds. The third-order valence-corrected chi connectivity index (χ3v) is 17.4. The molecule has 0 saturated carbocycles. The molecule has 3 rings (SSSR count). The topological polar surface area (TPSA) is 595 Å². The van der Waals surface area contributed by atoms with Crippen molar-refractivity contribution in [1.82, 2.24) is 73.8 Å². The number of carbonyl (C=O) groups excluding carboxylic acids is 13. The maximum atomic E-state index is 14.8. The van der Waals surface area contributed by atoms with E-state index in [4.69, 9.17) is 28.7 Å². The van der Waals surface area contributed by atoms with Crippen molar-refractivity contribution in [2.45, 2.75) is 225 Å². The van der Waals surface area contributed by atoms with Gasteiger partial charge in [0.25, 0.3) is 0 Å². The summed E-state index contributed by atoms with van der Waals surface area (Å²) in [6, 6.07) is 0.131. The molecule has 25 N–H and O–H groups in total. The second-order valence-electron chi connectivity index (χ2n) is 28.4. The number of hydrogen-bond donors (Lipinski definition) is 20. The van der Waals surface area contributed by atoms with Gasteiger partial charge in [0.15, 0.2) is 5.96 Å². The highest BCUT2D eigenvalue weighted by Crippen LogP contribution is 2.16. The van der Waals surface area contributed by atoms with Crippen molar-refractivity contribution in [3.63, 3.8) is 0 Å². The molecule has 0 aliphatic carbocycles. The smallest absolute Gasteiger partial charge is 0.326 e. The lowest BCUT2D eigenvalue weighted by Crippen LogP contribution is -2.62. The summed E-state index contributed by atoms with van der Waals surface area (Å²) < 4.78 is 0. The van der Waals surface area contributed by atoms with Gasteiger partial charge in [-0.1, -0.05) is 122 Å². The lowest BCUT2D eigenvalue weighted by Gasteiger charge is -2.29. The predicted octanol–water partition coefficient (Wildman–Crippen LogP) is -3.06. The van der Waals surface area contributed by atoms with Crippen LogP contribution >= 0.6 is 0 Å². The number of benzene rings is 2. The Morgan fingerprint density at radius 3 is 1.30 bits per heavy atom. The number of guanidine groups is 1. The van der Waals surface area contributed by atoms with Crippen molar-refractivity contribution >= 4 is 88.7 Å². The van der Waals surface area contributed by atoms with Crippen LogP contribution in [0.3, 0.4) is 0 Å². The van der Waals surface area contributed by atoms with E-state index in [1.54, 1.807) is 109 Å². The van der Waals surface area contributed by atoms with Crippen LogP contribution in [0.25, 0.3) is 0 Å². The van der Waals surface area contributed by atoms with E-state index in [2.05, 4.69) is 78.8 Å². The summed E-state index contributed by atoms with van der Waals surface area (Å²) in [6.07, 6.45) is 2.52. The van der Waals surface area contributed by atoms with Crippen molar-refractivity contribution in [3.8, 4) is 0 Å². The Bertz CT molecular complexity index is 3470. The van der Waals surface area contributed by atoms with Crippen LogP contribution in [0.4, 0.5) is 0 Å². The van der Waals surface area contributed by atoms with Gasteiger partial charge in [-0.15, -0.1) is 0 Å². The summed E-state index contributed by atoms with van der Waals surface area (Å²) >= 11 is 0. The first-order chi connectivity index (χ1) is 51.5. The van der Waals surface area contributed by atoms with Crippen LogP contribution in [-0.2, 0) is 86.4 Å².